The number of hydrogen-bond acceptors (Lipinski definition) is 3. The molecule has 1 atom stereocenters. The van der Waals surface area contributed by atoms with E-state index in [0.717, 1.165) is 24.8 Å². The van der Waals surface area contributed by atoms with E-state index in [0.29, 0.717) is 17.9 Å². The molecule has 1 aliphatic rings. The van der Waals surface area contributed by atoms with Crippen LogP contribution in [0.2, 0.25) is 0 Å². The third-order valence-corrected chi connectivity index (χ3v) is 5.49. The first kappa shape index (κ1) is 20.7. The summed E-state index contributed by atoms with van der Waals surface area (Å²) in [7, 11) is 0. The molecule has 5 nitrogen and oxygen atoms in total. The number of carbonyl (C=O) groups is 2. The van der Waals surface area contributed by atoms with E-state index < -0.39 is 0 Å². The summed E-state index contributed by atoms with van der Waals surface area (Å²) < 4.78 is 5.73. The standard InChI is InChI=1S/C26H26N2O3/c29-25(28-23-15-8-12-20-11-4-5-13-21(20)23)18-31-24-16-7-6-14-22(24)26(30)27-17-19-9-2-1-3-10-19/h1-7,9-11,13-14,16,23H,8,12,15,17-18H2,(H,27,30)(H,28,29)/t23-/m1/s1. The predicted octanol–water partition coefficient (Wildman–Crippen LogP) is 4.19. The van der Waals surface area contributed by atoms with Crippen LogP contribution in [0.1, 0.15) is 45.9 Å². The van der Waals surface area contributed by atoms with Crippen molar-refractivity contribution in [1.82, 2.24) is 10.6 Å². The fraction of sp³-hybridized carbons (Fsp3) is 0.231. The van der Waals surface area contributed by atoms with Crippen LogP contribution in [0.3, 0.4) is 0 Å². The molecule has 0 aliphatic heterocycles. The summed E-state index contributed by atoms with van der Waals surface area (Å²) in [6.45, 7) is 0.289. The Morgan fingerprint density at radius 2 is 1.65 bits per heavy atom. The van der Waals surface area contributed by atoms with Crippen molar-refractivity contribution in [3.63, 3.8) is 0 Å². The third kappa shape index (κ3) is 5.31. The number of benzene rings is 3. The molecule has 0 aromatic heterocycles. The molecule has 0 saturated heterocycles. The Kier molecular flexibility index (Phi) is 6.62. The summed E-state index contributed by atoms with van der Waals surface area (Å²) in [4.78, 5) is 25.2. The van der Waals surface area contributed by atoms with Crippen LogP contribution < -0.4 is 15.4 Å². The van der Waals surface area contributed by atoms with Gasteiger partial charge in [-0.1, -0.05) is 66.7 Å². The largest absolute Gasteiger partial charge is 0.483 e. The fourth-order valence-electron chi connectivity index (χ4n) is 3.94. The lowest BCUT2D eigenvalue weighted by molar-refractivity contribution is -0.124. The van der Waals surface area contributed by atoms with Gasteiger partial charge in [-0.15, -0.1) is 0 Å². The molecule has 0 heterocycles. The molecule has 2 amide bonds. The van der Waals surface area contributed by atoms with Gasteiger partial charge >= 0.3 is 0 Å². The van der Waals surface area contributed by atoms with Gasteiger partial charge in [0.15, 0.2) is 6.61 Å². The van der Waals surface area contributed by atoms with E-state index in [1.165, 1.54) is 11.1 Å². The smallest absolute Gasteiger partial charge is 0.258 e. The number of amides is 2. The molecule has 3 aromatic carbocycles. The monoisotopic (exact) mass is 414 g/mol. The van der Waals surface area contributed by atoms with Gasteiger partial charge < -0.3 is 15.4 Å². The first-order valence-corrected chi connectivity index (χ1v) is 10.6. The van der Waals surface area contributed by atoms with Gasteiger partial charge in [0.2, 0.25) is 0 Å². The van der Waals surface area contributed by atoms with Crippen LogP contribution in [0, 0.1) is 0 Å². The summed E-state index contributed by atoms with van der Waals surface area (Å²) in [6.07, 6.45) is 3.01. The Hall–Kier alpha value is -3.60. The number of hydrogen-bond donors (Lipinski definition) is 2. The number of rotatable bonds is 7. The van der Waals surface area contributed by atoms with Crippen LogP contribution in [0.15, 0.2) is 78.9 Å². The van der Waals surface area contributed by atoms with E-state index in [4.69, 9.17) is 4.74 Å². The van der Waals surface area contributed by atoms with Gasteiger partial charge in [-0.05, 0) is 48.1 Å². The summed E-state index contributed by atoms with van der Waals surface area (Å²) in [5.74, 6) is -0.0328. The molecule has 4 rings (SSSR count). The number of carbonyl (C=O) groups excluding carboxylic acids is 2. The minimum atomic E-state index is -0.235. The van der Waals surface area contributed by atoms with Gasteiger partial charge in [0.25, 0.3) is 11.8 Å². The fourth-order valence-corrected chi connectivity index (χ4v) is 3.94. The second-order valence-electron chi connectivity index (χ2n) is 7.66. The highest BCUT2D eigenvalue weighted by atomic mass is 16.5. The SMILES string of the molecule is O=C(COc1ccccc1C(=O)NCc1ccccc1)N[C@@H]1CCCc2ccccc21. The van der Waals surface area contributed by atoms with Gasteiger partial charge in [0.1, 0.15) is 5.75 Å². The normalized spacial score (nSPS) is 14.9. The van der Waals surface area contributed by atoms with Crippen molar-refractivity contribution in [1.29, 1.82) is 0 Å². The summed E-state index contributed by atoms with van der Waals surface area (Å²) in [6, 6.07) is 24.9. The molecular formula is C26H26N2O3. The summed E-state index contributed by atoms with van der Waals surface area (Å²) >= 11 is 0. The molecule has 1 aliphatic carbocycles. The van der Waals surface area contributed by atoms with Crippen molar-refractivity contribution in [3.05, 3.63) is 101 Å². The molecule has 0 bridgehead atoms. The maximum Gasteiger partial charge on any atom is 0.258 e. The number of aryl methyl sites for hydroxylation is 1. The number of fused-ring (bicyclic) bond motifs is 1. The van der Waals surface area contributed by atoms with Crippen molar-refractivity contribution in [2.24, 2.45) is 0 Å². The molecule has 2 N–H and O–H groups in total. The Balaban J connectivity index is 1.35. The zero-order valence-electron chi connectivity index (χ0n) is 17.3. The summed E-state index contributed by atoms with van der Waals surface area (Å²) in [5, 5.41) is 5.98. The van der Waals surface area contributed by atoms with Crippen molar-refractivity contribution in [3.8, 4) is 5.75 Å². The van der Waals surface area contributed by atoms with Gasteiger partial charge in [0.05, 0.1) is 11.6 Å². The maximum absolute atomic E-state index is 12.6. The molecule has 3 aromatic rings. The van der Waals surface area contributed by atoms with Crippen molar-refractivity contribution in [2.45, 2.75) is 31.8 Å². The van der Waals surface area contributed by atoms with E-state index in [2.05, 4.69) is 22.8 Å². The van der Waals surface area contributed by atoms with Crippen LogP contribution in [0.4, 0.5) is 0 Å². The highest BCUT2D eigenvalue weighted by Crippen LogP contribution is 2.29. The van der Waals surface area contributed by atoms with E-state index in [1.54, 1.807) is 24.3 Å². The lowest BCUT2D eigenvalue weighted by Gasteiger charge is -2.26. The molecule has 5 heteroatoms. The zero-order valence-corrected chi connectivity index (χ0v) is 17.3. The van der Waals surface area contributed by atoms with E-state index in [9.17, 15) is 9.59 Å². The Bertz CT molecular complexity index is 1050. The van der Waals surface area contributed by atoms with Crippen LogP contribution >= 0.6 is 0 Å². The Morgan fingerprint density at radius 3 is 2.52 bits per heavy atom. The second-order valence-corrected chi connectivity index (χ2v) is 7.66. The number of para-hydroxylation sites is 1. The van der Waals surface area contributed by atoms with Crippen LogP contribution in [-0.2, 0) is 17.8 Å². The molecule has 31 heavy (non-hydrogen) atoms. The predicted molar refractivity (Wildman–Crippen MR) is 120 cm³/mol. The van der Waals surface area contributed by atoms with Gasteiger partial charge in [-0.3, -0.25) is 9.59 Å². The molecule has 0 radical (unpaired) electrons. The maximum atomic E-state index is 12.6. The highest BCUT2D eigenvalue weighted by molar-refractivity contribution is 5.97. The summed E-state index contributed by atoms with van der Waals surface area (Å²) in [5.41, 5.74) is 3.90. The first-order chi connectivity index (χ1) is 15.2. The third-order valence-electron chi connectivity index (χ3n) is 5.49. The minimum absolute atomic E-state index is 0.00506. The second kappa shape index (κ2) is 9.94. The average Bonchev–Trinajstić information content (AvgIpc) is 2.82. The van der Waals surface area contributed by atoms with Gasteiger partial charge in [0, 0.05) is 6.54 Å². The van der Waals surface area contributed by atoms with Crippen molar-refractivity contribution < 1.29 is 14.3 Å². The molecule has 0 spiro atoms. The van der Waals surface area contributed by atoms with E-state index in [-0.39, 0.29) is 24.5 Å². The van der Waals surface area contributed by atoms with Crippen molar-refractivity contribution >= 4 is 11.8 Å². The molecular weight excluding hydrogens is 388 g/mol. The molecule has 0 saturated carbocycles. The lowest BCUT2D eigenvalue weighted by atomic mass is 9.88. The Labute approximate surface area is 182 Å². The lowest BCUT2D eigenvalue weighted by Crippen LogP contribution is -2.34. The van der Waals surface area contributed by atoms with Crippen LogP contribution in [0.25, 0.3) is 0 Å². The van der Waals surface area contributed by atoms with Crippen LogP contribution in [0.5, 0.6) is 5.75 Å². The zero-order chi connectivity index (χ0) is 21.5. The van der Waals surface area contributed by atoms with Gasteiger partial charge in [-0.25, -0.2) is 0 Å². The average molecular weight is 415 g/mol. The van der Waals surface area contributed by atoms with Gasteiger partial charge in [-0.2, -0.15) is 0 Å². The molecule has 158 valence electrons. The molecule has 0 unspecified atom stereocenters. The van der Waals surface area contributed by atoms with Crippen molar-refractivity contribution in [2.75, 3.05) is 6.61 Å². The molecule has 0 fully saturated rings. The Morgan fingerprint density at radius 1 is 0.903 bits per heavy atom. The quantitative estimate of drug-likeness (QED) is 0.609. The van der Waals surface area contributed by atoms with E-state index >= 15 is 0 Å². The number of nitrogens with one attached hydrogen (secondary N) is 2. The topological polar surface area (TPSA) is 67.4 Å². The first-order valence-electron chi connectivity index (χ1n) is 10.6. The number of ether oxygens (including phenoxy) is 1. The minimum Gasteiger partial charge on any atom is -0.483 e. The highest BCUT2D eigenvalue weighted by Gasteiger charge is 2.22. The van der Waals surface area contributed by atoms with E-state index in [1.807, 2.05) is 42.5 Å². The van der Waals surface area contributed by atoms with Crippen LogP contribution in [-0.4, -0.2) is 18.4 Å².